The first-order valence-corrected chi connectivity index (χ1v) is 9.15. The number of halogens is 1. The SMILES string of the molecule is CCn1c(SCC(=O)NCc2ccco2)nnc1-c1ccccc1Cl. The van der Waals surface area contributed by atoms with E-state index in [4.69, 9.17) is 16.0 Å². The molecule has 0 unspecified atom stereocenters. The lowest BCUT2D eigenvalue weighted by molar-refractivity contribution is -0.118. The Morgan fingerprint density at radius 3 is 2.84 bits per heavy atom. The van der Waals surface area contributed by atoms with Crippen LogP contribution in [0.1, 0.15) is 12.7 Å². The smallest absolute Gasteiger partial charge is 0.230 e. The zero-order valence-corrected chi connectivity index (χ0v) is 15.2. The van der Waals surface area contributed by atoms with E-state index in [9.17, 15) is 4.79 Å². The van der Waals surface area contributed by atoms with Crippen molar-refractivity contribution in [2.75, 3.05) is 5.75 Å². The molecule has 0 spiro atoms. The molecule has 8 heteroatoms. The molecule has 1 aromatic carbocycles. The summed E-state index contributed by atoms with van der Waals surface area (Å²) in [5, 5.41) is 12.6. The van der Waals surface area contributed by atoms with Crippen molar-refractivity contribution in [3.8, 4) is 11.4 Å². The molecule has 0 saturated carbocycles. The summed E-state index contributed by atoms with van der Waals surface area (Å²) < 4.78 is 7.14. The lowest BCUT2D eigenvalue weighted by atomic mass is 10.2. The van der Waals surface area contributed by atoms with E-state index in [1.807, 2.05) is 41.8 Å². The first-order chi connectivity index (χ1) is 12.2. The number of amides is 1. The average molecular weight is 377 g/mol. The standard InChI is InChI=1S/C17H17ClN4O2S/c1-2-22-16(13-7-3-4-8-14(13)18)20-21-17(22)25-11-15(23)19-10-12-6-5-9-24-12/h3-9H,2,10-11H2,1H3,(H,19,23). The van der Waals surface area contributed by atoms with Gasteiger partial charge in [0, 0.05) is 12.1 Å². The number of benzene rings is 1. The van der Waals surface area contributed by atoms with Crippen LogP contribution >= 0.6 is 23.4 Å². The second kappa shape index (κ2) is 8.22. The summed E-state index contributed by atoms with van der Waals surface area (Å²) >= 11 is 7.60. The normalized spacial score (nSPS) is 10.8. The Labute approximate surface area is 154 Å². The van der Waals surface area contributed by atoms with E-state index in [-0.39, 0.29) is 11.7 Å². The van der Waals surface area contributed by atoms with Gasteiger partial charge in [-0.15, -0.1) is 10.2 Å². The lowest BCUT2D eigenvalue weighted by Gasteiger charge is -2.08. The Morgan fingerprint density at radius 1 is 1.28 bits per heavy atom. The number of carbonyl (C=O) groups excluding carboxylic acids is 1. The molecule has 1 amide bonds. The number of hydrogen-bond acceptors (Lipinski definition) is 5. The quantitative estimate of drug-likeness (QED) is 0.637. The third-order valence-corrected chi connectivity index (χ3v) is 4.82. The van der Waals surface area contributed by atoms with E-state index in [0.717, 1.165) is 11.3 Å². The van der Waals surface area contributed by atoms with Gasteiger partial charge in [0.15, 0.2) is 11.0 Å². The third kappa shape index (κ3) is 4.24. The predicted octanol–water partition coefficient (Wildman–Crippen LogP) is 3.62. The molecule has 6 nitrogen and oxygen atoms in total. The van der Waals surface area contributed by atoms with Gasteiger partial charge in [-0.1, -0.05) is 35.5 Å². The molecule has 1 N–H and O–H groups in total. The minimum absolute atomic E-state index is 0.0913. The first kappa shape index (κ1) is 17.6. The molecule has 0 atom stereocenters. The van der Waals surface area contributed by atoms with E-state index in [1.165, 1.54) is 11.8 Å². The maximum Gasteiger partial charge on any atom is 0.230 e. The molecule has 2 heterocycles. The molecule has 25 heavy (non-hydrogen) atoms. The topological polar surface area (TPSA) is 73.0 Å². The maximum absolute atomic E-state index is 12.0. The fourth-order valence-electron chi connectivity index (χ4n) is 2.30. The molecule has 3 rings (SSSR count). The minimum Gasteiger partial charge on any atom is -0.467 e. The highest BCUT2D eigenvalue weighted by Crippen LogP contribution is 2.29. The highest BCUT2D eigenvalue weighted by molar-refractivity contribution is 7.99. The molecule has 3 aromatic rings. The van der Waals surface area contributed by atoms with Gasteiger partial charge in [-0.25, -0.2) is 0 Å². The summed E-state index contributed by atoms with van der Waals surface area (Å²) in [5.41, 5.74) is 0.827. The minimum atomic E-state index is -0.0913. The van der Waals surface area contributed by atoms with Crippen LogP contribution in [-0.4, -0.2) is 26.4 Å². The fraction of sp³-hybridized carbons (Fsp3) is 0.235. The third-order valence-electron chi connectivity index (χ3n) is 3.52. The van der Waals surface area contributed by atoms with Crippen LogP contribution in [0, 0.1) is 0 Å². The molecule has 0 aliphatic rings. The molecule has 0 saturated heterocycles. The fourth-order valence-corrected chi connectivity index (χ4v) is 3.35. The number of nitrogens with zero attached hydrogens (tertiary/aromatic N) is 3. The second-order valence-corrected chi connectivity index (χ2v) is 6.52. The molecule has 0 fully saturated rings. The van der Waals surface area contributed by atoms with Crippen molar-refractivity contribution in [3.63, 3.8) is 0 Å². The number of thioether (sulfide) groups is 1. The van der Waals surface area contributed by atoms with E-state index in [0.29, 0.717) is 29.1 Å². The van der Waals surface area contributed by atoms with Crippen LogP contribution in [0.3, 0.4) is 0 Å². The molecule has 0 aliphatic heterocycles. The van der Waals surface area contributed by atoms with Gasteiger partial charge in [0.25, 0.3) is 0 Å². The zero-order chi connectivity index (χ0) is 17.6. The number of hydrogen-bond donors (Lipinski definition) is 1. The van der Waals surface area contributed by atoms with Gasteiger partial charge in [-0.05, 0) is 31.2 Å². The number of furan rings is 1. The van der Waals surface area contributed by atoms with Gasteiger partial charge in [-0.2, -0.15) is 0 Å². The molecule has 0 aliphatic carbocycles. The number of nitrogens with one attached hydrogen (secondary N) is 1. The molecule has 2 aromatic heterocycles. The van der Waals surface area contributed by atoms with Crippen molar-refractivity contribution < 1.29 is 9.21 Å². The molecule has 0 bridgehead atoms. The van der Waals surface area contributed by atoms with Crippen LogP contribution in [0.4, 0.5) is 0 Å². The van der Waals surface area contributed by atoms with Crippen LogP contribution in [0.2, 0.25) is 5.02 Å². The van der Waals surface area contributed by atoms with Gasteiger partial charge in [-0.3, -0.25) is 4.79 Å². The average Bonchev–Trinajstić information content (AvgIpc) is 3.28. The Balaban J connectivity index is 1.65. The Bertz CT molecular complexity index is 848. The van der Waals surface area contributed by atoms with E-state index in [1.54, 1.807) is 12.3 Å². The van der Waals surface area contributed by atoms with E-state index < -0.39 is 0 Å². The maximum atomic E-state index is 12.0. The highest BCUT2D eigenvalue weighted by Gasteiger charge is 2.16. The van der Waals surface area contributed by atoms with Crippen molar-refractivity contribution in [1.29, 1.82) is 0 Å². The van der Waals surface area contributed by atoms with Gasteiger partial charge >= 0.3 is 0 Å². The largest absolute Gasteiger partial charge is 0.467 e. The molecule has 0 radical (unpaired) electrons. The van der Waals surface area contributed by atoms with Crippen LogP contribution < -0.4 is 5.32 Å². The lowest BCUT2D eigenvalue weighted by Crippen LogP contribution is -2.24. The van der Waals surface area contributed by atoms with E-state index in [2.05, 4.69) is 15.5 Å². The second-order valence-electron chi connectivity index (χ2n) is 5.18. The monoisotopic (exact) mass is 376 g/mol. The van der Waals surface area contributed by atoms with Gasteiger partial charge in [0.05, 0.1) is 23.6 Å². The Hall–Kier alpha value is -2.25. The van der Waals surface area contributed by atoms with Crippen molar-refractivity contribution in [2.24, 2.45) is 0 Å². The summed E-state index contributed by atoms with van der Waals surface area (Å²) in [6.07, 6.45) is 1.58. The van der Waals surface area contributed by atoms with Gasteiger partial charge in [0.1, 0.15) is 5.76 Å². The number of carbonyl (C=O) groups is 1. The van der Waals surface area contributed by atoms with Crippen molar-refractivity contribution >= 4 is 29.3 Å². The Morgan fingerprint density at radius 2 is 2.12 bits per heavy atom. The number of aromatic nitrogens is 3. The van der Waals surface area contributed by atoms with E-state index >= 15 is 0 Å². The molecular weight excluding hydrogens is 360 g/mol. The van der Waals surface area contributed by atoms with Gasteiger partial charge in [0.2, 0.25) is 5.91 Å². The summed E-state index contributed by atoms with van der Waals surface area (Å²) in [6.45, 7) is 3.06. The highest BCUT2D eigenvalue weighted by atomic mass is 35.5. The van der Waals surface area contributed by atoms with Crippen LogP contribution in [0.5, 0.6) is 0 Å². The first-order valence-electron chi connectivity index (χ1n) is 7.79. The van der Waals surface area contributed by atoms with Crippen LogP contribution in [-0.2, 0) is 17.9 Å². The predicted molar refractivity (Wildman–Crippen MR) is 97.4 cm³/mol. The van der Waals surface area contributed by atoms with Gasteiger partial charge < -0.3 is 14.3 Å². The van der Waals surface area contributed by atoms with Crippen molar-refractivity contribution in [1.82, 2.24) is 20.1 Å². The summed E-state index contributed by atoms with van der Waals surface area (Å²) in [4.78, 5) is 12.0. The molecular formula is C17H17ClN4O2S. The van der Waals surface area contributed by atoms with Crippen molar-refractivity contribution in [2.45, 2.75) is 25.2 Å². The summed E-state index contributed by atoms with van der Waals surface area (Å²) in [6, 6.07) is 11.1. The van der Waals surface area contributed by atoms with Crippen molar-refractivity contribution in [3.05, 3.63) is 53.4 Å². The zero-order valence-electron chi connectivity index (χ0n) is 13.6. The van der Waals surface area contributed by atoms with Crippen LogP contribution in [0.15, 0.2) is 52.2 Å². The summed E-state index contributed by atoms with van der Waals surface area (Å²) in [7, 11) is 0. The van der Waals surface area contributed by atoms with Crippen LogP contribution in [0.25, 0.3) is 11.4 Å². The summed E-state index contributed by atoms with van der Waals surface area (Å²) in [5.74, 6) is 1.58. The molecule has 130 valence electrons. The number of rotatable bonds is 7. The Kier molecular flexibility index (Phi) is 5.78.